The molecule has 0 aromatic carbocycles. The van der Waals surface area contributed by atoms with E-state index in [2.05, 4.69) is 9.82 Å². The fourth-order valence-corrected chi connectivity index (χ4v) is 0.566. The topological polar surface area (TPSA) is 71.9 Å². The summed E-state index contributed by atoms with van der Waals surface area (Å²) in [6.45, 7) is 0. The quantitative estimate of drug-likeness (QED) is 0.558. The van der Waals surface area contributed by atoms with E-state index in [4.69, 9.17) is 11.2 Å². The van der Waals surface area contributed by atoms with Gasteiger partial charge in [-0.2, -0.15) is 11.2 Å². The lowest BCUT2D eigenvalue weighted by Crippen LogP contribution is -2.03. The molecule has 2 N–H and O–H groups in total. The molecule has 0 bridgehead atoms. The first-order chi connectivity index (χ1) is 4.88. The number of rotatable bonds is 1. The molecular weight excluding hydrogens is 130 g/mol. The maximum atomic E-state index is 8.44. The summed E-state index contributed by atoms with van der Waals surface area (Å²) in [5.74, 6) is 5.13. The summed E-state index contributed by atoms with van der Waals surface area (Å²) in [5, 5.41) is 8.44. The van der Waals surface area contributed by atoms with Gasteiger partial charge in [0.15, 0.2) is 5.75 Å². The first-order valence-electron chi connectivity index (χ1n) is 2.59. The van der Waals surface area contributed by atoms with Crippen molar-refractivity contribution in [3.05, 3.63) is 24.0 Å². The van der Waals surface area contributed by atoms with Crippen molar-refractivity contribution in [2.45, 2.75) is 0 Å². The highest BCUT2D eigenvalue weighted by molar-refractivity contribution is 5.39. The third kappa shape index (κ3) is 1.04. The van der Waals surface area contributed by atoms with Crippen LogP contribution in [0.1, 0.15) is 5.56 Å². The largest absolute Gasteiger partial charge is 0.408 e. The molecule has 0 radical (unpaired) electrons. The van der Waals surface area contributed by atoms with Crippen molar-refractivity contribution in [3.8, 4) is 11.8 Å². The summed E-state index contributed by atoms with van der Waals surface area (Å²) < 4.78 is 0. The van der Waals surface area contributed by atoms with Crippen LogP contribution in [-0.2, 0) is 0 Å². The summed E-state index contributed by atoms with van der Waals surface area (Å²) in [4.78, 5) is 8.06. The van der Waals surface area contributed by atoms with E-state index in [1.807, 2.05) is 6.07 Å². The molecule has 0 atom stereocenters. The van der Waals surface area contributed by atoms with Crippen molar-refractivity contribution in [1.82, 2.24) is 4.98 Å². The van der Waals surface area contributed by atoms with Gasteiger partial charge >= 0.3 is 0 Å². The van der Waals surface area contributed by atoms with Crippen LogP contribution in [0, 0.1) is 11.3 Å². The molecule has 1 aromatic heterocycles. The SMILES string of the molecule is N#Cc1ccncc1ON. The molecule has 0 spiro atoms. The second-order valence-electron chi connectivity index (χ2n) is 1.60. The van der Waals surface area contributed by atoms with Crippen molar-refractivity contribution >= 4 is 0 Å². The standard InChI is InChI=1S/C6H5N3O/c7-3-5-1-2-9-4-6(5)10-8/h1-2,4H,8H2. The molecule has 0 amide bonds. The predicted molar refractivity (Wildman–Crippen MR) is 33.8 cm³/mol. The smallest absolute Gasteiger partial charge is 0.182 e. The first-order valence-corrected chi connectivity index (χ1v) is 2.59. The fourth-order valence-electron chi connectivity index (χ4n) is 0.566. The zero-order chi connectivity index (χ0) is 7.40. The number of nitriles is 1. The number of pyridine rings is 1. The third-order valence-corrected chi connectivity index (χ3v) is 1.03. The molecule has 4 heteroatoms. The van der Waals surface area contributed by atoms with Gasteiger partial charge in [0.1, 0.15) is 6.07 Å². The van der Waals surface area contributed by atoms with Crippen molar-refractivity contribution in [2.75, 3.05) is 0 Å². The average Bonchev–Trinajstić information content (AvgIpc) is 2.04. The molecule has 0 saturated heterocycles. The fraction of sp³-hybridized carbons (Fsp3) is 0. The minimum atomic E-state index is 0.296. The molecule has 0 aliphatic carbocycles. The van der Waals surface area contributed by atoms with Crippen molar-refractivity contribution in [1.29, 1.82) is 5.26 Å². The van der Waals surface area contributed by atoms with Crippen molar-refractivity contribution < 1.29 is 4.84 Å². The van der Waals surface area contributed by atoms with Crippen LogP contribution in [0.25, 0.3) is 0 Å². The maximum Gasteiger partial charge on any atom is 0.182 e. The van der Waals surface area contributed by atoms with Crippen LogP contribution in [0.4, 0.5) is 0 Å². The Morgan fingerprint density at radius 1 is 1.70 bits per heavy atom. The molecule has 0 saturated carbocycles. The minimum Gasteiger partial charge on any atom is -0.408 e. The van der Waals surface area contributed by atoms with Gasteiger partial charge in [0.05, 0.1) is 11.8 Å². The Hall–Kier alpha value is -1.60. The van der Waals surface area contributed by atoms with Crippen LogP contribution in [0.5, 0.6) is 5.75 Å². The highest BCUT2D eigenvalue weighted by Crippen LogP contribution is 2.12. The van der Waals surface area contributed by atoms with Gasteiger partial charge < -0.3 is 4.84 Å². The van der Waals surface area contributed by atoms with Crippen LogP contribution in [-0.4, -0.2) is 4.98 Å². The van der Waals surface area contributed by atoms with Gasteiger partial charge in [0.25, 0.3) is 0 Å². The van der Waals surface area contributed by atoms with Crippen LogP contribution in [0.15, 0.2) is 18.5 Å². The first kappa shape index (κ1) is 6.52. The Balaban J connectivity index is 3.12. The number of nitrogens with zero attached hydrogens (tertiary/aromatic N) is 2. The second kappa shape index (κ2) is 2.80. The molecule has 1 heterocycles. The average molecular weight is 135 g/mol. The molecule has 0 unspecified atom stereocenters. The second-order valence-corrected chi connectivity index (χ2v) is 1.60. The zero-order valence-electron chi connectivity index (χ0n) is 5.11. The number of nitrogens with two attached hydrogens (primary N) is 1. The van der Waals surface area contributed by atoms with E-state index in [1.54, 1.807) is 0 Å². The molecule has 10 heavy (non-hydrogen) atoms. The van der Waals surface area contributed by atoms with Crippen LogP contribution in [0.2, 0.25) is 0 Å². The summed E-state index contributed by atoms with van der Waals surface area (Å²) in [6.07, 6.45) is 2.89. The summed E-state index contributed by atoms with van der Waals surface area (Å²) >= 11 is 0. The van der Waals surface area contributed by atoms with Crippen LogP contribution in [0.3, 0.4) is 0 Å². The maximum absolute atomic E-state index is 8.44. The number of hydrogen-bond acceptors (Lipinski definition) is 4. The Morgan fingerprint density at radius 3 is 3.00 bits per heavy atom. The third-order valence-electron chi connectivity index (χ3n) is 1.03. The van der Waals surface area contributed by atoms with Gasteiger partial charge in [-0.15, -0.1) is 0 Å². The molecule has 0 aliphatic heterocycles. The summed E-state index contributed by atoms with van der Waals surface area (Å²) in [7, 11) is 0. The van der Waals surface area contributed by atoms with E-state index >= 15 is 0 Å². The lowest BCUT2D eigenvalue weighted by molar-refractivity contribution is 0.332. The summed E-state index contributed by atoms with van der Waals surface area (Å²) in [5.41, 5.74) is 0.387. The molecule has 1 aromatic rings. The monoisotopic (exact) mass is 135 g/mol. The Morgan fingerprint density at radius 2 is 2.50 bits per heavy atom. The van der Waals surface area contributed by atoms with E-state index in [9.17, 15) is 0 Å². The number of aromatic nitrogens is 1. The Bertz CT molecular complexity index is 266. The van der Waals surface area contributed by atoms with Crippen molar-refractivity contribution in [2.24, 2.45) is 5.90 Å². The molecule has 50 valence electrons. The number of hydrogen-bond donors (Lipinski definition) is 1. The van der Waals surface area contributed by atoms with E-state index < -0.39 is 0 Å². The zero-order valence-corrected chi connectivity index (χ0v) is 5.11. The van der Waals surface area contributed by atoms with Gasteiger partial charge in [-0.05, 0) is 6.07 Å². The lowest BCUT2D eigenvalue weighted by atomic mass is 10.3. The van der Waals surface area contributed by atoms with Crippen LogP contribution < -0.4 is 10.7 Å². The molecule has 0 fully saturated rings. The molecule has 1 rings (SSSR count). The van der Waals surface area contributed by atoms with Gasteiger partial charge in [-0.3, -0.25) is 4.98 Å². The highest BCUT2D eigenvalue weighted by atomic mass is 16.6. The van der Waals surface area contributed by atoms with Crippen LogP contribution >= 0.6 is 0 Å². The Labute approximate surface area is 57.8 Å². The van der Waals surface area contributed by atoms with E-state index in [1.165, 1.54) is 18.5 Å². The normalized spacial score (nSPS) is 8.40. The van der Waals surface area contributed by atoms with Crippen molar-refractivity contribution in [3.63, 3.8) is 0 Å². The van der Waals surface area contributed by atoms with Gasteiger partial charge in [-0.25, -0.2) is 0 Å². The van der Waals surface area contributed by atoms with Gasteiger partial charge in [0.2, 0.25) is 0 Å². The van der Waals surface area contributed by atoms with Gasteiger partial charge in [-0.1, -0.05) is 0 Å². The predicted octanol–water partition coefficient (Wildman–Crippen LogP) is 0.206. The van der Waals surface area contributed by atoms with E-state index in [-0.39, 0.29) is 0 Å². The van der Waals surface area contributed by atoms with E-state index in [0.29, 0.717) is 11.3 Å². The molecular formula is C6H5N3O. The van der Waals surface area contributed by atoms with E-state index in [0.717, 1.165) is 0 Å². The van der Waals surface area contributed by atoms with Gasteiger partial charge in [0, 0.05) is 6.20 Å². The minimum absolute atomic E-state index is 0.296. The highest BCUT2D eigenvalue weighted by Gasteiger charge is 1.98. The molecule has 0 aliphatic rings. The molecule has 4 nitrogen and oxygen atoms in total. The Kier molecular flexibility index (Phi) is 1.83. The summed E-state index contributed by atoms with van der Waals surface area (Å²) in [6, 6.07) is 3.43. The lowest BCUT2D eigenvalue weighted by Gasteiger charge is -1.96.